The third kappa shape index (κ3) is 3.11. The predicted molar refractivity (Wildman–Crippen MR) is 75.9 cm³/mol. The van der Waals surface area contributed by atoms with Crippen LogP contribution in [0, 0.1) is 12.7 Å². The summed E-state index contributed by atoms with van der Waals surface area (Å²) >= 11 is 6.14. The number of pyridine rings is 1. The van der Waals surface area contributed by atoms with Crippen molar-refractivity contribution < 1.29 is 4.39 Å². The van der Waals surface area contributed by atoms with Gasteiger partial charge in [0, 0.05) is 22.5 Å². The minimum Gasteiger partial charge on any atom is -0.306 e. The minimum atomic E-state index is -0.306. The lowest BCUT2D eigenvalue weighted by Crippen LogP contribution is -2.23. The van der Waals surface area contributed by atoms with E-state index < -0.39 is 0 Å². The van der Waals surface area contributed by atoms with Crippen LogP contribution in [0.3, 0.4) is 0 Å². The molecule has 0 bridgehead atoms. The van der Waals surface area contributed by atoms with E-state index in [1.807, 2.05) is 26.0 Å². The lowest BCUT2D eigenvalue weighted by atomic mass is 9.99. The summed E-state index contributed by atoms with van der Waals surface area (Å²) in [6.45, 7) is 4.61. The Kier molecular flexibility index (Phi) is 4.51. The summed E-state index contributed by atoms with van der Waals surface area (Å²) in [5.74, 6) is -0.306. The molecule has 2 aromatic rings. The van der Waals surface area contributed by atoms with Crippen LogP contribution >= 0.6 is 11.6 Å². The predicted octanol–water partition coefficient (Wildman–Crippen LogP) is 3.88. The maximum absolute atomic E-state index is 14.0. The smallest absolute Gasteiger partial charge is 0.129 e. The Hall–Kier alpha value is -1.45. The van der Waals surface area contributed by atoms with E-state index in [0.29, 0.717) is 17.1 Å². The van der Waals surface area contributed by atoms with Crippen molar-refractivity contribution in [2.75, 3.05) is 6.54 Å². The summed E-state index contributed by atoms with van der Waals surface area (Å²) in [6.07, 6.45) is 1.76. The van der Waals surface area contributed by atoms with Crippen LogP contribution in [0.4, 0.5) is 4.39 Å². The minimum absolute atomic E-state index is 0.285. The van der Waals surface area contributed by atoms with Crippen molar-refractivity contribution in [1.29, 1.82) is 0 Å². The highest BCUT2D eigenvalue weighted by atomic mass is 35.5. The summed E-state index contributed by atoms with van der Waals surface area (Å²) < 4.78 is 14.0. The first kappa shape index (κ1) is 14.0. The largest absolute Gasteiger partial charge is 0.306 e. The van der Waals surface area contributed by atoms with Gasteiger partial charge < -0.3 is 5.32 Å². The molecule has 2 rings (SSSR count). The zero-order valence-corrected chi connectivity index (χ0v) is 11.7. The van der Waals surface area contributed by atoms with E-state index in [9.17, 15) is 4.39 Å². The molecule has 0 saturated heterocycles. The van der Waals surface area contributed by atoms with Crippen molar-refractivity contribution in [3.05, 3.63) is 64.2 Å². The van der Waals surface area contributed by atoms with E-state index in [1.54, 1.807) is 18.3 Å². The monoisotopic (exact) mass is 278 g/mol. The molecule has 1 aromatic carbocycles. The molecular formula is C15H16ClFN2. The molecule has 0 aliphatic rings. The lowest BCUT2D eigenvalue weighted by molar-refractivity contribution is 0.558. The Morgan fingerprint density at radius 2 is 2.11 bits per heavy atom. The van der Waals surface area contributed by atoms with Gasteiger partial charge in [-0.25, -0.2) is 4.39 Å². The summed E-state index contributed by atoms with van der Waals surface area (Å²) in [6, 6.07) is 8.30. The highest BCUT2D eigenvalue weighted by Gasteiger charge is 2.20. The normalized spacial score (nSPS) is 12.4. The van der Waals surface area contributed by atoms with Gasteiger partial charge in [0.25, 0.3) is 0 Å². The van der Waals surface area contributed by atoms with Crippen LogP contribution in [0.5, 0.6) is 0 Å². The van der Waals surface area contributed by atoms with Gasteiger partial charge in [0.2, 0.25) is 0 Å². The van der Waals surface area contributed by atoms with Gasteiger partial charge in [0.15, 0.2) is 0 Å². The van der Waals surface area contributed by atoms with E-state index in [2.05, 4.69) is 10.3 Å². The zero-order chi connectivity index (χ0) is 13.8. The number of nitrogens with one attached hydrogen (secondary N) is 1. The number of hydrogen-bond donors (Lipinski definition) is 1. The van der Waals surface area contributed by atoms with Crippen molar-refractivity contribution in [3.8, 4) is 0 Å². The topological polar surface area (TPSA) is 24.9 Å². The summed E-state index contributed by atoms with van der Waals surface area (Å²) in [5.41, 5.74) is 2.30. The van der Waals surface area contributed by atoms with Crippen molar-refractivity contribution in [2.24, 2.45) is 0 Å². The lowest BCUT2D eigenvalue weighted by Gasteiger charge is -2.20. The molecule has 0 fully saturated rings. The number of nitrogens with zero attached hydrogens (tertiary/aromatic N) is 1. The van der Waals surface area contributed by atoms with Gasteiger partial charge in [-0.1, -0.05) is 30.7 Å². The van der Waals surface area contributed by atoms with E-state index in [1.165, 1.54) is 6.07 Å². The van der Waals surface area contributed by atoms with Crippen LogP contribution in [-0.4, -0.2) is 11.5 Å². The van der Waals surface area contributed by atoms with E-state index in [4.69, 9.17) is 11.6 Å². The second-order valence-corrected chi connectivity index (χ2v) is 4.77. The van der Waals surface area contributed by atoms with E-state index in [-0.39, 0.29) is 11.9 Å². The van der Waals surface area contributed by atoms with Gasteiger partial charge in [-0.05, 0) is 37.2 Å². The van der Waals surface area contributed by atoms with E-state index in [0.717, 1.165) is 11.3 Å². The van der Waals surface area contributed by atoms with Crippen LogP contribution in [0.2, 0.25) is 5.02 Å². The molecule has 0 amide bonds. The molecule has 1 aromatic heterocycles. The number of hydrogen-bond acceptors (Lipinski definition) is 2. The quantitative estimate of drug-likeness (QED) is 0.918. The Bertz CT molecular complexity index is 534. The number of rotatable bonds is 4. The molecule has 2 nitrogen and oxygen atoms in total. The van der Waals surface area contributed by atoms with Crippen molar-refractivity contribution in [2.45, 2.75) is 19.9 Å². The molecule has 0 saturated carbocycles. The number of aromatic nitrogens is 1. The average Bonchev–Trinajstić information content (AvgIpc) is 2.38. The molecule has 19 heavy (non-hydrogen) atoms. The Balaban J connectivity index is 2.48. The maximum Gasteiger partial charge on any atom is 0.129 e. The van der Waals surface area contributed by atoms with Crippen LogP contribution in [-0.2, 0) is 0 Å². The third-order valence-corrected chi connectivity index (χ3v) is 3.29. The van der Waals surface area contributed by atoms with Gasteiger partial charge in [0.1, 0.15) is 5.82 Å². The van der Waals surface area contributed by atoms with Crippen LogP contribution < -0.4 is 5.32 Å². The Labute approximate surface area is 117 Å². The first-order chi connectivity index (χ1) is 9.13. The molecule has 0 radical (unpaired) electrons. The van der Waals surface area contributed by atoms with Gasteiger partial charge in [0.05, 0.1) is 6.04 Å². The molecule has 0 aliphatic carbocycles. The molecule has 1 N–H and O–H groups in total. The van der Waals surface area contributed by atoms with Crippen LogP contribution in [0.1, 0.15) is 29.8 Å². The highest BCUT2D eigenvalue weighted by molar-refractivity contribution is 6.31. The van der Waals surface area contributed by atoms with Crippen molar-refractivity contribution >= 4 is 11.6 Å². The zero-order valence-electron chi connectivity index (χ0n) is 11.0. The molecule has 0 spiro atoms. The molecule has 1 heterocycles. The molecular weight excluding hydrogens is 263 g/mol. The fourth-order valence-corrected chi connectivity index (χ4v) is 2.30. The number of benzene rings is 1. The van der Waals surface area contributed by atoms with Crippen molar-refractivity contribution in [1.82, 2.24) is 10.3 Å². The molecule has 1 atom stereocenters. The first-order valence-corrected chi connectivity index (χ1v) is 6.61. The van der Waals surface area contributed by atoms with Gasteiger partial charge in [-0.15, -0.1) is 0 Å². The van der Waals surface area contributed by atoms with Gasteiger partial charge >= 0.3 is 0 Å². The summed E-state index contributed by atoms with van der Waals surface area (Å²) in [7, 11) is 0. The van der Waals surface area contributed by atoms with E-state index >= 15 is 0 Å². The molecule has 4 heteroatoms. The van der Waals surface area contributed by atoms with Gasteiger partial charge in [-0.3, -0.25) is 4.98 Å². The van der Waals surface area contributed by atoms with Crippen LogP contribution in [0.25, 0.3) is 0 Å². The Morgan fingerprint density at radius 1 is 1.32 bits per heavy atom. The molecule has 100 valence electrons. The standard InChI is InChI=1S/C15H16ClFN2/c1-3-18-15(11-8-7-10(2)19-9-11)14-12(16)5-4-6-13(14)17/h4-9,15,18H,3H2,1-2H3. The number of halogens is 2. The fourth-order valence-electron chi connectivity index (χ4n) is 2.03. The summed E-state index contributed by atoms with van der Waals surface area (Å²) in [5, 5.41) is 3.67. The highest BCUT2D eigenvalue weighted by Crippen LogP contribution is 2.30. The summed E-state index contributed by atoms with van der Waals surface area (Å²) in [4.78, 5) is 4.26. The second-order valence-electron chi connectivity index (χ2n) is 4.36. The van der Waals surface area contributed by atoms with Crippen molar-refractivity contribution in [3.63, 3.8) is 0 Å². The first-order valence-electron chi connectivity index (χ1n) is 6.23. The van der Waals surface area contributed by atoms with Crippen LogP contribution in [0.15, 0.2) is 36.5 Å². The molecule has 0 aliphatic heterocycles. The second kappa shape index (κ2) is 6.13. The third-order valence-electron chi connectivity index (χ3n) is 2.96. The SMILES string of the molecule is CCNC(c1ccc(C)nc1)c1c(F)cccc1Cl. The van der Waals surface area contributed by atoms with Gasteiger partial charge in [-0.2, -0.15) is 0 Å². The molecule has 1 unspecified atom stereocenters. The fraction of sp³-hybridized carbons (Fsp3) is 0.267. The average molecular weight is 279 g/mol. The maximum atomic E-state index is 14.0. The Morgan fingerprint density at radius 3 is 2.68 bits per heavy atom. The number of aryl methyl sites for hydroxylation is 1.